The van der Waals surface area contributed by atoms with Crippen molar-refractivity contribution in [3.63, 3.8) is 0 Å². The molecule has 2 aromatic carbocycles. The Morgan fingerprint density at radius 2 is 1.81 bits per heavy atom. The second kappa shape index (κ2) is 7.13. The molecule has 1 N–H and O–H groups in total. The predicted molar refractivity (Wildman–Crippen MR) is 89.6 cm³/mol. The summed E-state index contributed by atoms with van der Waals surface area (Å²) in [5.41, 5.74) is -1.06. The third-order valence-corrected chi connectivity index (χ3v) is 3.59. The zero-order valence-electron chi connectivity index (χ0n) is 13.0. The van der Waals surface area contributed by atoms with E-state index in [9.17, 15) is 18.0 Å². The quantitative estimate of drug-likeness (QED) is 0.603. The van der Waals surface area contributed by atoms with Crippen molar-refractivity contribution in [2.45, 2.75) is 6.18 Å². The summed E-state index contributed by atoms with van der Waals surface area (Å²) in [4.78, 5) is 12.1. The second-order valence-electron chi connectivity index (χ2n) is 5.20. The molecule has 0 atom stereocenters. The van der Waals surface area contributed by atoms with Gasteiger partial charge in [-0.15, -0.1) is 0 Å². The highest BCUT2D eigenvalue weighted by Crippen LogP contribution is 2.37. The van der Waals surface area contributed by atoms with Crippen LogP contribution in [0.1, 0.15) is 16.1 Å². The van der Waals surface area contributed by atoms with Crippen LogP contribution in [-0.4, -0.2) is 5.91 Å². The van der Waals surface area contributed by atoms with Gasteiger partial charge in [-0.25, -0.2) is 0 Å². The van der Waals surface area contributed by atoms with Crippen LogP contribution in [0.2, 0.25) is 5.02 Å². The molecule has 0 aliphatic rings. The first kappa shape index (κ1) is 17.9. The zero-order valence-corrected chi connectivity index (χ0v) is 13.8. The van der Waals surface area contributed by atoms with Gasteiger partial charge in [0, 0.05) is 5.02 Å². The van der Waals surface area contributed by atoms with Crippen molar-refractivity contribution < 1.29 is 27.1 Å². The van der Waals surface area contributed by atoms with Crippen LogP contribution in [0.4, 0.5) is 18.9 Å². The van der Waals surface area contributed by atoms with E-state index < -0.39 is 17.6 Å². The molecular weight excluding hydrogens is 371 g/mol. The molecule has 0 aliphatic heterocycles. The molecule has 0 fully saturated rings. The van der Waals surface area contributed by atoms with Crippen molar-refractivity contribution in [1.82, 2.24) is 0 Å². The molecule has 1 aromatic heterocycles. The number of hydrogen-bond acceptors (Lipinski definition) is 3. The summed E-state index contributed by atoms with van der Waals surface area (Å²) in [7, 11) is 0. The molecule has 1 amide bonds. The molecule has 0 unspecified atom stereocenters. The van der Waals surface area contributed by atoms with Crippen molar-refractivity contribution in [3.05, 3.63) is 77.2 Å². The van der Waals surface area contributed by atoms with Gasteiger partial charge in [-0.05, 0) is 54.6 Å². The summed E-state index contributed by atoms with van der Waals surface area (Å²) < 4.78 is 49.5. The third-order valence-electron chi connectivity index (χ3n) is 3.34. The number of halogens is 4. The maximum absolute atomic E-state index is 13.0. The first-order valence-electron chi connectivity index (χ1n) is 7.32. The second-order valence-corrected chi connectivity index (χ2v) is 5.63. The zero-order chi connectivity index (χ0) is 18.7. The fraction of sp³-hybridized carbons (Fsp3) is 0.0556. The first-order chi connectivity index (χ1) is 12.3. The van der Waals surface area contributed by atoms with E-state index in [1.807, 2.05) is 0 Å². The van der Waals surface area contributed by atoms with Gasteiger partial charge >= 0.3 is 6.18 Å². The van der Waals surface area contributed by atoms with E-state index >= 15 is 0 Å². The number of amides is 1. The lowest BCUT2D eigenvalue weighted by Crippen LogP contribution is -2.13. The van der Waals surface area contributed by atoms with Gasteiger partial charge in [0.1, 0.15) is 5.75 Å². The lowest BCUT2D eigenvalue weighted by atomic mass is 10.1. The van der Waals surface area contributed by atoms with Crippen LogP contribution in [0.3, 0.4) is 0 Å². The number of hydrogen-bond donors (Lipinski definition) is 1. The van der Waals surface area contributed by atoms with Crippen LogP contribution in [0, 0.1) is 0 Å². The monoisotopic (exact) mass is 381 g/mol. The van der Waals surface area contributed by atoms with Crippen LogP contribution in [-0.2, 0) is 6.18 Å². The summed E-state index contributed by atoms with van der Waals surface area (Å²) >= 11 is 5.79. The minimum atomic E-state index is -4.57. The Labute approximate surface area is 151 Å². The van der Waals surface area contributed by atoms with Gasteiger partial charge in [0.25, 0.3) is 5.91 Å². The largest absolute Gasteiger partial charge is 0.459 e. The molecular formula is C18H11ClF3NO3. The molecule has 0 saturated heterocycles. The minimum absolute atomic E-state index is 0.0418. The van der Waals surface area contributed by atoms with E-state index in [4.69, 9.17) is 20.8 Å². The fourth-order valence-corrected chi connectivity index (χ4v) is 2.24. The molecule has 0 spiro atoms. The molecule has 0 bridgehead atoms. The van der Waals surface area contributed by atoms with Crippen LogP contribution in [0.25, 0.3) is 0 Å². The van der Waals surface area contributed by atoms with Crippen molar-refractivity contribution in [1.29, 1.82) is 0 Å². The van der Waals surface area contributed by atoms with E-state index in [0.717, 1.165) is 18.2 Å². The molecule has 4 nitrogen and oxygen atoms in total. The fourth-order valence-electron chi connectivity index (χ4n) is 2.11. The average molecular weight is 382 g/mol. The number of carbonyl (C=O) groups is 1. The lowest BCUT2D eigenvalue weighted by Gasteiger charge is -2.15. The molecule has 0 aliphatic carbocycles. The van der Waals surface area contributed by atoms with E-state index in [2.05, 4.69) is 5.32 Å². The van der Waals surface area contributed by atoms with Crippen LogP contribution < -0.4 is 10.1 Å². The highest BCUT2D eigenvalue weighted by molar-refractivity contribution is 6.30. The Morgan fingerprint density at radius 3 is 2.42 bits per heavy atom. The molecule has 1 heterocycles. The lowest BCUT2D eigenvalue weighted by molar-refractivity contribution is -0.137. The predicted octanol–water partition coefficient (Wildman–Crippen LogP) is 6.00. The molecule has 3 rings (SSSR count). The van der Waals surface area contributed by atoms with Gasteiger partial charge in [0.05, 0.1) is 17.5 Å². The summed E-state index contributed by atoms with van der Waals surface area (Å²) in [6.45, 7) is 0. The topological polar surface area (TPSA) is 51.5 Å². The summed E-state index contributed by atoms with van der Waals surface area (Å²) in [5.74, 6) is -0.349. The van der Waals surface area contributed by atoms with E-state index in [0.29, 0.717) is 10.8 Å². The Balaban J connectivity index is 1.94. The van der Waals surface area contributed by atoms with E-state index in [1.165, 1.54) is 18.4 Å². The van der Waals surface area contributed by atoms with Crippen molar-refractivity contribution >= 4 is 23.2 Å². The van der Waals surface area contributed by atoms with Crippen LogP contribution >= 0.6 is 11.6 Å². The minimum Gasteiger partial charge on any atom is -0.459 e. The van der Waals surface area contributed by atoms with E-state index in [-0.39, 0.29) is 17.2 Å². The summed E-state index contributed by atoms with van der Waals surface area (Å²) in [5, 5.41) is 2.86. The molecule has 0 radical (unpaired) electrons. The molecule has 134 valence electrons. The number of rotatable bonds is 4. The molecule has 26 heavy (non-hydrogen) atoms. The number of ether oxygens (including phenoxy) is 1. The number of alkyl halides is 3. The average Bonchev–Trinajstić information content (AvgIpc) is 3.12. The number of furan rings is 1. The standard InChI is InChI=1S/C18H11ClF3NO3/c19-12-4-6-13(7-5-12)26-15-8-3-11(18(20,21)22)10-14(15)23-17(24)16-2-1-9-25-16/h1-10H,(H,23,24). The van der Waals surface area contributed by atoms with Gasteiger partial charge < -0.3 is 14.5 Å². The number of carbonyl (C=O) groups excluding carboxylic acids is 1. The van der Waals surface area contributed by atoms with E-state index in [1.54, 1.807) is 24.3 Å². The molecule has 3 aromatic rings. The van der Waals surface area contributed by atoms with Crippen LogP contribution in [0.15, 0.2) is 65.3 Å². The molecule has 8 heteroatoms. The van der Waals surface area contributed by atoms with Crippen molar-refractivity contribution in [2.75, 3.05) is 5.32 Å². The Bertz CT molecular complexity index is 906. The van der Waals surface area contributed by atoms with Gasteiger partial charge in [0.2, 0.25) is 0 Å². The SMILES string of the molecule is O=C(Nc1cc(C(F)(F)F)ccc1Oc1ccc(Cl)cc1)c1ccco1. The normalized spacial score (nSPS) is 11.2. The maximum Gasteiger partial charge on any atom is 0.416 e. The van der Waals surface area contributed by atoms with Crippen molar-refractivity contribution in [3.8, 4) is 11.5 Å². The summed E-state index contributed by atoms with van der Waals surface area (Å²) in [6, 6.07) is 11.9. The maximum atomic E-state index is 13.0. The van der Waals surface area contributed by atoms with Crippen molar-refractivity contribution in [2.24, 2.45) is 0 Å². The molecule has 0 saturated carbocycles. The number of benzene rings is 2. The Hall–Kier alpha value is -2.93. The van der Waals surface area contributed by atoms with Gasteiger partial charge in [-0.3, -0.25) is 4.79 Å². The summed E-state index contributed by atoms with van der Waals surface area (Å²) in [6.07, 6.45) is -3.28. The van der Waals surface area contributed by atoms with Gasteiger partial charge in [0.15, 0.2) is 11.5 Å². The first-order valence-corrected chi connectivity index (χ1v) is 7.70. The van der Waals surface area contributed by atoms with Crippen LogP contribution in [0.5, 0.6) is 11.5 Å². The third kappa shape index (κ3) is 4.18. The van der Waals surface area contributed by atoms with Gasteiger partial charge in [-0.1, -0.05) is 11.6 Å². The van der Waals surface area contributed by atoms with Gasteiger partial charge in [-0.2, -0.15) is 13.2 Å². The smallest absolute Gasteiger partial charge is 0.416 e. The number of nitrogens with one attached hydrogen (secondary N) is 1. The highest BCUT2D eigenvalue weighted by atomic mass is 35.5. The number of anilines is 1. The Morgan fingerprint density at radius 1 is 1.08 bits per heavy atom. The highest BCUT2D eigenvalue weighted by Gasteiger charge is 2.31. The Kier molecular flexibility index (Phi) is 4.90.